The van der Waals surface area contributed by atoms with Crippen LogP contribution in [0.3, 0.4) is 0 Å². The van der Waals surface area contributed by atoms with E-state index in [1.54, 1.807) is 7.85 Å². The molecule has 0 aromatic heterocycles. The van der Waals surface area contributed by atoms with E-state index < -0.39 is 26.1 Å². The van der Waals surface area contributed by atoms with Gasteiger partial charge in [-0.3, -0.25) is 9.05 Å². The lowest BCUT2D eigenvalue weighted by atomic mass is 9.93. The molecule has 0 radical (unpaired) electrons. The van der Waals surface area contributed by atoms with Crippen LogP contribution in [0, 0.1) is 0 Å². The summed E-state index contributed by atoms with van der Waals surface area (Å²) in [7, 11) is 1.83. The summed E-state index contributed by atoms with van der Waals surface area (Å²) < 4.78 is 36.6. The third kappa shape index (κ3) is 3.76. The van der Waals surface area contributed by atoms with Gasteiger partial charge >= 0.3 is 7.82 Å². The number of rotatable bonds is 6. The molecule has 2 unspecified atom stereocenters. The molecule has 0 amide bonds. The van der Waals surface area contributed by atoms with Crippen LogP contribution in [0.5, 0.6) is 0 Å². The second-order valence-corrected chi connectivity index (χ2v) is 5.27. The summed E-state index contributed by atoms with van der Waals surface area (Å²) in [6.07, 6.45) is -1.60. The van der Waals surface area contributed by atoms with E-state index in [-0.39, 0.29) is 12.6 Å². The van der Waals surface area contributed by atoms with Crippen molar-refractivity contribution in [3.05, 3.63) is 0 Å². The van der Waals surface area contributed by atoms with Gasteiger partial charge in [-0.2, -0.15) is 0 Å². The summed E-state index contributed by atoms with van der Waals surface area (Å²) in [6, 6.07) is -0.248. The summed E-state index contributed by atoms with van der Waals surface area (Å²) in [5, 5.41) is 0. The molecule has 0 aromatic rings. The van der Waals surface area contributed by atoms with E-state index >= 15 is 0 Å². The number of methoxy groups -OCH3 is 2. The van der Waals surface area contributed by atoms with Crippen LogP contribution in [0.4, 0.5) is 0 Å². The average molecular weight is 268 g/mol. The Morgan fingerprint density at radius 3 is 2.47 bits per heavy atom. The molecule has 0 spiro atoms. The standard InChI is InChI=1S/C8H18BO7P/c1-12-4-5-6(16-17(10,11)14-3)7(13-2)8(9)15-5/h5-8H,4,9H2,1-3H3,(H,10,11)/t5-,6?,7+,8-/m1/s1. The molecule has 1 fully saturated rings. The fraction of sp³-hybridized carbons (Fsp3) is 1.00. The first-order valence-electron chi connectivity index (χ1n) is 5.19. The molecule has 7 nitrogen and oxygen atoms in total. The van der Waals surface area contributed by atoms with E-state index in [1.165, 1.54) is 14.2 Å². The lowest BCUT2D eigenvalue weighted by Gasteiger charge is -2.23. The minimum absolute atomic E-state index is 0.248. The fourth-order valence-electron chi connectivity index (χ4n) is 1.86. The van der Waals surface area contributed by atoms with E-state index in [0.717, 1.165) is 7.11 Å². The lowest BCUT2D eigenvalue weighted by molar-refractivity contribution is -0.0257. The Balaban J connectivity index is 2.77. The van der Waals surface area contributed by atoms with E-state index in [2.05, 4.69) is 4.52 Å². The SMILES string of the molecule is B[C@@H]1O[C@H](COC)C(OP(=O)(O)OC)[C@@H]1OC. The first-order valence-corrected chi connectivity index (χ1v) is 6.68. The quantitative estimate of drug-likeness (QED) is 0.495. The molecular weight excluding hydrogens is 250 g/mol. The van der Waals surface area contributed by atoms with Crippen molar-refractivity contribution in [1.82, 2.24) is 0 Å². The highest BCUT2D eigenvalue weighted by molar-refractivity contribution is 7.47. The van der Waals surface area contributed by atoms with Crippen molar-refractivity contribution in [2.45, 2.75) is 24.3 Å². The minimum atomic E-state index is -4.08. The van der Waals surface area contributed by atoms with Gasteiger partial charge in [-0.15, -0.1) is 0 Å². The number of phosphoric acid groups is 1. The Hall–Kier alpha value is 0.0549. The van der Waals surface area contributed by atoms with Crippen molar-refractivity contribution < 1.29 is 32.7 Å². The van der Waals surface area contributed by atoms with Gasteiger partial charge in [-0.1, -0.05) is 0 Å². The summed E-state index contributed by atoms with van der Waals surface area (Å²) in [5.74, 6) is 0. The number of hydrogen-bond donors (Lipinski definition) is 1. The molecule has 0 saturated carbocycles. The number of hydrogen-bond acceptors (Lipinski definition) is 6. The maximum atomic E-state index is 11.4. The smallest absolute Gasteiger partial charge is 0.382 e. The zero-order valence-corrected chi connectivity index (χ0v) is 11.3. The van der Waals surface area contributed by atoms with E-state index in [9.17, 15) is 9.46 Å². The van der Waals surface area contributed by atoms with Crippen molar-refractivity contribution in [3.8, 4) is 0 Å². The topological polar surface area (TPSA) is 83.5 Å². The Bertz CT molecular complexity index is 289. The van der Waals surface area contributed by atoms with Crippen LogP contribution in [0.1, 0.15) is 0 Å². The molecule has 1 rings (SSSR count). The molecule has 1 N–H and O–H groups in total. The van der Waals surface area contributed by atoms with Crippen LogP contribution in [0.2, 0.25) is 0 Å². The second-order valence-electron chi connectivity index (χ2n) is 3.76. The normalized spacial score (nSPS) is 36.9. The monoisotopic (exact) mass is 268 g/mol. The number of ether oxygens (including phenoxy) is 3. The van der Waals surface area contributed by atoms with Gasteiger partial charge in [0.15, 0.2) is 0 Å². The maximum absolute atomic E-state index is 11.4. The maximum Gasteiger partial charge on any atom is 0.472 e. The summed E-state index contributed by atoms with van der Waals surface area (Å²) in [4.78, 5) is 9.33. The summed E-state index contributed by atoms with van der Waals surface area (Å²) in [5.41, 5.74) is 0. The van der Waals surface area contributed by atoms with E-state index in [0.29, 0.717) is 0 Å². The predicted octanol–water partition coefficient (Wildman–Crippen LogP) is -0.862. The molecule has 17 heavy (non-hydrogen) atoms. The average Bonchev–Trinajstić information content (AvgIpc) is 2.55. The van der Waals surface area contributed by atoms with Gasteiger partial charge in [0.2, 0.25) is 0 Å². The first kappa shape index (κ1) is 15.1. The van der Waals surface area contributed by atoms with Gasteiger partial charge in [0, 0.05) is 21.3 Å². The van der Waals surface area contributed by atoms with Gasteiger partial charge in [-0.25, -0.2) is 4.57 Å². The van der Waals surface area contributed by atoms with Gasteiger partial charge in [0.1, 0.15) is 26.2 Å². The molecule has 1 aliphatic rings. The highest BCUT2D eigenvalue weighted by Gasteiger charge is 2.46. The predicted molar refractivity (Wildman–Crippen MR) is 61.6 cm³/mol. The van der Waals surface area contributed by atoms with Gasteiger partial charge in [-0.05, 0) is 0 Å². The van der Waals surface area contributed by atoms with Crippen LogP contribution in [-0.4, -0.2) is 65.0 Å². The fourth-order valence-corrected chi connectivity index (χ4v) is 2.51. The molecule has 5 atom stereocenters. The third-order valence-electron chi connectivity index (χ3n) is 2.63. The zero-order valence-electron chi connectivity index (χ0n) is 10.4. The van der Waals surface area contributed by atoms with Crippen LogP contribution in [-0.2, 0) is 27.8 Å². The zero-order chi connectivity index (χ0) is 13.1. The molecule has 1 saturated heterocycles. The third-order valence-corrected chi connectivity index (χ3v) is 3.60. The van der Waals surface area contributed by atoms with Gasteiger partial charge < -0.3 is 19.1 Å². The van der Waals surface area contributed by atoms with E-state index in [1.807, 2.05) is 0 Å². The Labute approximate surface area is 101 Å². The molecule has 1 aliphatic heterocycles. The highest BCUT2D eigenvalue weighted by Crippen LogP contribution is 2.46. The summed E-state index contributed by atoms with van der Waals surface area (Å²) in [6.45, 7) is 0.249. The molecule has 9 heteroatoms. The Morgan fingerprint density at radius 1 is 1.35 bits per heavy atom. The second kappa shape index (κ2) is 6.29. The Kier molecular flexibility index (Phi) is 5.59. The van der Waals surface area contributed by atoms with Crippen LogP contribution in [0.15, 0.2) is 0 Å². The van der Waals surface area contributed by atoms with Crippen molar-refractivity contribution in [1.29, 1.82) is 0 Å². The molecule has 100 valence electrons. The Morgan fingerprint density at radius 2 is 2.00 bits per heavy atom. The molecule has 0 bridgehead atoms. The minimum Gasteiger partial charge on any atom is -0.382 e. The van der Waals surface area contributed by atoms with Crippen LogP contribution >= 0.6 is 7.82 Å². The van der Waals surface area contributed by atoms with Gasteiger partial charge in [0.25, 0.3) is 0 Å². The van der Waals surface area contributed by atoms with Crippen molar-refractivity contribution in [2.24, 2.45) is 0 Å². The van der Waals surface area contributed by atoms with Crippen molar-refractivity contribution in [3.63, 3.8) is 0 Å². The summed E-state index contributed by atoms with van der Waals surface area (Å²) >= 11 is 0. The first-order chi connectivity index (χ1) is 7.95. The largest absolute Gasteiger partial charge is 0.472 e. The molecular formula is C8H18BO7P. The van der Waals surface area contributed by atoms with Crippen molar-refractivity contribution in [2.75, 3.05) is 27.9 Å². The van der Waals surface area contributed by atoms with E-state index in [4.69, 9.17) is 18.7 Å². The molecule has 0 aliphatic carbocycles. The van der Waals surface area contributed by atoms with Crippen LogP contribution in [0.25, 0.3) is 0 Å². The van der Waals surface area contributed by atoms with Gasteiger partial charge in [0.05, 0.1) is 12.6 Å². The highest BCUT2D eigenvalue weighted by atomic mass is 31.2. The van der Waals surface area contributed by atoms with Crippen LogP contribution < -0.4 is 0 Å². The number of phosphoric ester groups is 1. The molecule has 0 aromatic carbocycles. The van der Waals surface area contributed by atoms with Crippen molar-refractivity contribution >= 4 is 15.7 Å². The molecule has 1 heterocycles. The lowest BCUT2D eigenvalue weighted by Crippen LogP contribution is -2.37.